The van der Waals surface area contributed by atoms with Gasteiger partial charge in [0, 0.05) is 13.1 Å². The molecule has 1 aromatic heterocycles. The number of aliphatic imine (C=N–C) groups is 1. The van der Waals surface area contributed by atoms with E-state index in [2.05, 4.69) is 44.5 Å². The molecule has 0 bridgehead atoms. The minimum atomic E-state index is -3.64. The van der Waals surface area contributed by atoms with Crippen molar-refractivity contribution in [3.8, 4) is 0 Å². The Morgan fingerprint density at radius 1 is 0.789 bits per heavy atom. The molecule has 38 heavy (non-hydrogen) atoms. The van der Waals surface area contributed by atoms with E-state index < -0.39 is 9.84 Å². The summed E-state index contributed by atoms with van der Waals surface area (Å²) in [5, 5.41) is 8.65. The first-order chi connectivity index (χ1) is 18.5. The van der Waals surface area contributed by atoms with Crippen LogP contribution in [0.3, 0.4) is 0 Å². The van der Waals surface area contributed by atoms with Gasteiger partial charge in [0.2, 0.25) is 0 Å². The third-order valence-corrected chi connectivity index (χ3v) is 7.72. The summed E-state index contributed by atoms with van der Waals surface area (Å²) >= 11 is 0. The molecular weight excluding hydrogens is 494 g/mol. The number of fused-ring (bicyclic) bond motifs is 1. The fourth-order valence-electron chi connectivity index (χ4n) is 4.27. The minimum absolute atomic E-state index is 0.250. The zero-order valence-electron chi connectivity index (χ0n) is 21.2. The Bertz CT molecular complexity index is 1590. The van der Waals surface area contributed by atoms with E-state index in [1.807, 2.05) is 67.6 Å². The smallest absolute Gasteiger partial charge is 0.198 e. The summed E-state index contributed by atoms with van der Waals surface area (Å²) in [4.78, 5) is 7.14. The summed E-state index contributed by atoms with van der Waals surface area (Å²) in [6.07, 6.45) is 0. The van der Waals surface area contributed by atoms with Crippen LogP contribution < -0.4 is 0 Å². The predicted molar refractivity (Wildman–Crippen MR) is 151 cm³/mol. The highest BCUT2D eigenvalue weighted by Crippen LogP contribution is 2.16. The molecular formula is C30H29N5O2S. The number of hydrogen-bond acceptors (Lipinski definition) is 6. The number of sulfone groups is 1. The second kappa shape index (κ2) is 11.5. The Hall–Kier alpha value is -4.14. The first-order valence-electron chi connectivity index (χ1n) is 12.4. The zero-order valence-corrected chi connectivity index (χ0v) is 22.0. The van der Waals surface area contributed by atoms with Gasteiger partial charge in [-0.25, -0.2) is 8.42 Å². The van der Waals surface area contributed by atoms with Gasteiger partial charge in [-0.05, 0) is 42.3 Å². The lowest BCUT2D eigenvalue weighted by atomic mass is 10.1. The van der Waals surface area contributed by atoms with Crippen molar-refractivity contribution >= 4 is 26.7 Å². The molecule has 8 heteroatoms. The number of para-hydroxylation sites is 1. The van der Waals surface area contributed by atoms with Gasteiger partial charge in [0.05, 0.1) is 17.0 Å². The maximum absolute atomic E-state index is 13.2. The lowest BCUT2D eigenvalue weighted by Gasteiger charge is -2.23. The van der Waals surface area contributed by atoms with Crippen LogP contribution in [0.1, 0.15) is 16.7 Å². The van der Waals surface area contributed by atoms with Crippen molar-refractivity contribution in [3.05, 3.63) is 126 Å². The van der Waals surface area contributed by atoms with Gasteiger partial charge in [-0.2, -0.15) is 4.68 Å². The molecule has 0 amide bonds. The Morgan fingerprint density at radius 2 is 1.37 bits per heavy atom. The van der Waals surface area contributed by atoms with Gasteiger partial charge in [-0.1, -0.05) is 95.7 Å². The summed E-state index contributed by atoms with van der Waals surface area (Å²) in [5.41, 5.74) is 4.80. The van der Waals surface area contributed by atoms with Crippen LogP contribution in [0, 0.1) is 6.92 Å². The molecule has 0 aliphatic rings. The molecule has 4 aromatic carbocycles. The van der Waals surface area contributed by atoms with Crippen molar-refractivity contribution in [3.63, 3.8) is 0 Å². The van der Waals surface area contributed by atoms with Crippen molar-refractivity contribution in [2.75, 3.05) is 12.4 Å². The first kappa shape index (κ1) is 25.5. The van der Waals surface area contributed by atoms with E-state index in [4.69, 9.17) is 0 Å². The maximum atomic E-state index is 13.2. The first-order valence-corrected chi connectivity index (χ1v) is 14.1. The average molecular weight is 524 g/mol. The number of benzene rings is 4. The Kier molecular flexibility index (Phi) is 7.72. The fraction of sp³-hybridized carbons (Fsp3) is 0.167. The van der Waals surface area contributed by atoms with Crippen LogP contribution in [-0.2, 0) is 22.9 Å². The molecule has 5 rings (SSSR count). The van der Waals surface area contributed by atoms with Gasteiger partial charge >= 0.3 is 0 Å². The van der Waals surface area contributed by atoms with Crippen LogP contribution in [0.15, 0.2) is 119 Å². The third kappa shape index (κ3) is 6.22. The van der Waals surface area contributed by atoms with Crippen LogP contribution in [-0.4, -0.2) is 46.6 Å². The van der Waals surface area contributed by atoms with E-state index in [0.717, 1.165) is 27.7 Å². The minimum Gasteiger partial charge on any atom is -0.287 e. The van der Waals surface area contributed by atoms with Crippen LogP contribution in [0.5, 0.6) is 0 Å². The van der Waals surface area contributed by atoms with E-state index in [-0.39, 0.29) is 10.8 Å². The quantitative estimate of drug-likeness (QED) is 0.198. The van der Waals surface area contributed by atoms with E-state index in [9.17, 15) is 8.42 Å². The third-order valence-electron chi connectivity index (χ3n) is 6.26. The number of aryl methyl sites for hydroxylation is 1. The monoisotopic (exact) mass is 523 g/mol. The van der Waals surface area contributed by atoms with E-state index in [1.54, 1.807) is 28.9 Å². The highest BCUT2D eigenvalue weighted by atomic mass is 32.2. The van der Waals surface area contributed by atoms with Crippen molar-refractivity contribution in [2.24, 2.45) is 4.99 Å². The highest BCUT2D eigenvalue weighted by Gasteiger charge is 2.19. The summed E-state index contributed by atoms with van der Waals surface area (Å²) < 4.78 is 28.0. The summed E-state index contributed by atoms with van der Waals surface area (Å²) in [5.74, 6) is 0.130. The molecule has 0 unspecified atom stereocenters. The van der Waals surface area contributed by atoms with E-state index in [0.29, 0.717) is 25.5 Å². The van der Waals surface area contributed by atoms with Gasteiger partial charge in [-0.15, -0.1) is 5.10 Å². The standard InChI is InChI=1S/C30H29N5O2S/c1-24-16-18-27(19-17-24)38(36,37)23-31-30(35-29-15-9-8-14-28(29)32-33-35)22-34(20-25-10-4-2-5-11-25)21-26-12-6-3-7-13-26/h2-19H,20-23H2,1H3/b31-30+. The molecule has 0 aliphatic carbocycles. The SMILES string of the molecule is Cc1ccc(S(=O)(=O)C/N=C(\CN(Cc2ccccc2)Cc2ccccc2)n2nnc3ccccc32)cc1. The van der Waals surface area contributed by atoms with Gasteiger partial charge in [0.25, 0.3) is 0 Å². The predicted octanol–water partition coefficient (Wildman–Crippen LogP) is 5.12. The maximum Gasteiger partial charge on any atom is 0.198 e. The summed E-state index contributed by atoms with van der Waals surface area (Å²) in [6.45, 7) is 3.62. The van der Waals surface area contributed by atoms with Crippen LogP contribution in [0.25, 0.3) is 11.0 Å². The normalized spacial score (nSPS) is 12.3. The molecule has 7 nitrogen and oxygen atoms in total. The van der Waals surface area contributed by atoms with Crippen molar-refractivity contribution in [2.45, 2.75) is 24.9 Å². The van der Waals surface area contributed by atoms with Crippen LogP contribution >= 0.6 is 0 Å². The van der Waals surface area contributed by atoms with Gasteiger partial charge in [0.15, 0.2) is 9.84 Å². The van der Waals surface area contributed by atoms with E-state index in [1.165, 1.54) is 0 Å². The van der Waals surface area contributed by atoms with Gasteiger partial charge < -0.3 is 0 Å². The number of rotatable bonds is 9. The molecule has 5 aromatic rings. The molecule has 0 saturated carbocycles. The largest absolute Gasteiger partial charge is 0.287 e. The number of nitrogens with zero attached hydrogens (tertiary/aromatic N) is 5. The Balaban J connectivity index is 1.51. The molecule has 192 valence electrons. The lowest BCUT2D eigenvalue weighted by molar-refractivity contribution is 0.292. The second-order valence-corrected chi connectivity index (χ2v) is 11.2. The number of aromatic nitrogens is 3. The van der Waals surface area contributed by atoms with Crippen molar-refractivity contribution in [1.82, 2.24) is 19.9 Å². The zero-order chi connectivity index (χ0) is 26.4. The second-order valence-electron chi connectivity index (χ2n) is 9.24. The molecule has 0 saturated heterocycles. The highest BCUT2D eigenvalue weighted by molar-refractivity contribution is 7.91. The van der Waals surface area contributed by atoms with Crippen molar-refractivity contribution in [1.29, 1.82) is 0 Å². The molecule has 0 atom stereocenters. The molecule has 0 radical (unpaired) electrons. The van der Waals surface area contributed by atoms with E-state index >= 15 is 0 Å². The lowest BCUT2D eigenvalue weighted by Crippen LogP contribution is -2.33. The number of hydrogen-bond donors (Lipinski definition) is 0. The fourth-order valence-corrected chi connectivity index (χ4v) is 5.29. The molecule has 0 aliphatic heterocycles. The van der Waals surface area contributed by atoms with Crippen molar-refractivity contribution < 1.29 is 8.42 Å². The Morgan fingerprint density at radius 3 is 2.00 bits per heavy atom. The summed E-state index contributed by atoms with van der Waals surface area (Å²) in [7, 11) is -3.64. The molecule has 1 heterocycles. The van der Waals surface area contributed by atoms with Gasteiger partial charge in [0.1, 0.15) is 17.2 Å². The topological polar surface area (TPSA) is 80.5 Å². The molecule has 0 fully saturated rings. The van der Waals surface area contributed by atoms with Crippen LogP contribution in [0.4, 0.5) is 0 Å². The molecule has 0 N–H and O–H groups in total. The average Bonchev–Trinajstić information content (AvgIpc) is 3.36. The van der Waals surface area contributed by atoms with Crippen LogP contribution in [0.2, 0.25) is 0 Å². The van der Waals surface area contributed by atoms with Gasteiger partial charge in [-0.3, -0.25) is 9.89 Å². The molecule has 0 spiro atoms. The summed E-state index contributed by atoms with van der Waals surface area (Å²) in [6, 6.07) is 34.9. The Labute approximate surface area is 223 Å².